The number of H-pyrrole nitrogens is 2. The van der Waals surface area contributed by atoms with Crippen LogP contribution in [-0.4, -0.2) is 37.6 Å². The second kappa shape index (κ2) is 13.5. The zero-order chi connectivity index (χ0) is 36.8. The van der Waals surface area contributed by atoms with E-state index in [0.717, 1.165) is 67.0 Å². The first-order valence-corrected chi connectivity index (χ1v) is 17.9. The van der Waals surface area contributed by atoms with Crippen molar-refractivity contribution in [1.82, 2.24) is 19.9 Å². The molecule has 7 nitrogen and oxygen atoms in total. The molecule has 0 saturated heterocycles. The van der Waals surface area contributed by atoms with Gasteiger partial charge in [-0.15, -0.1) is 0 Å². The normalized spacial score (nSPS) is 13.7. The SMILES string of the molecule is CC(C)OC1=C(/C=C/c2c3nc(c(-c4ccccc4)c4ccc(cc5nc(c(-c6ccccc6)c6ccc2[nH]6)C=C5)[nH]4)C=C3)C(=O)c2ccccc2C1=O. The van der Waals surface area contributed by atoms with Crippen LogP contribution in [0.2, 0.25) is 0 Å². The van der Waals surface area contributed by atoms with Gasteiger partial charge in [0.15, 0.2) is 11.5 Å². The molecule has 3 aliphatic rings. The zero-order valence-electron chi connectivity index (χ0n) is 29.6. The second-order valence-corrected chi connectivity index (χ2v) is 13.6. The number of allylic oxidation sites excluding steroid dienone is 3. The molecule has 260 valence electrons. The number of ether oxygens (including phenoxy) is 1. The molecular weight excluding hydrogens is 669 g/mol. The molecule has 0 fully saturated rings. The number of aromatic nitrogens is 4. The summed E-state index contributed by atoms with van der Waals surface area (Å²) in [4.78, 5) is 45.4. The highest BCUT2D eigenvalue weighted by molar-refractivity contribution is 6.27. The summed E-state index contributed by atoms with van der Waals surface area (Å²) in [5.74, 6) is -0.546. The van der Waals surface area contributed by atoms with Gasteiger partial charge >= 0.3 is 0 Å². The molecule has 5 heterocycles. The summed E-state index contributed by atoms with van der Waals surface area (Å²) < 4.78 is 6.06. The molecule has 7 heteroatoms. The lowest BCUT2D eigenvalue weighted by Gasteiger charge is -2.21. The lowest BCUT2D eigenvalue weighted by atomic mass is 9.87. The highest BCUT2D eigenvalue weighted by Crippen LogP contribution is 2.35. The molecule has 3 aromatic carbocycles. The smallest absolute Gasteiger partial charge is 0.229 e. The van der Waals surface area contributed by atoms with Crippen LogP contribution >= 0.6 is 0 Å². The first kappa shape index (κ1) is 32.8. The molecule has 0 amide bonds. The highest BCUT2D eigenvalue weighted by atomic mass is 16.5. The van der Waals surface area contributed by atoms with Gasteiger partial charge in [-0.2, -0.15) is 0 Å². The van der Waals surface area contributed by atoms with Gasteiger partial charge in [-0.3, -0.25) is 9.59 Å². The Balaban J connectivity index is 1.36. The lowest BCUT2D eigenvalue weighted by molar-refractivity contribution is 0.0802. The van der Waals surface area contributed by atoms with E-state index in [1.165, 1.54) is 0 Å². The number of nitrogens with zero attached hydrogens (tertiary/aromatic N) is 2. The van der Waals surface area contributed by atoms with Gasteiger partial charge in [0.1, 0.15) is 0 Å². The van der Waals surface area contributed by atoms with Crippen LogP contribution in [0.25, 0.3) is 74.7 Å². The van der Waals surface area contributed by atoms with E-state index in [4.69, 9.17) is 14.7 Å². The van der Waals surface area contributed by atoms with Crippen molar-refractivity contribution in [3.8, 4) is 22.3 Å². The molecule has 2 aliphatic heterocycles. The number of ketones is 2. The van der Waals surface area contributed by atoms with Crippen molar-refractivity contribution in [2.75, 3.05) is 0 Å². The van der Waals surface area contributed by atoms with Crippen LogP contribution in [0.3, 0.4) is 0 Å². The average molecular weight is 703 g/mol. The molecule has 0 radical (unpaired) electrons. The van der Waals surface area contributed by atoms with Gasteiger partial charge in [0.2, 0.25) is 5.78 Å². The molecule has 1 aliphatic carbocycles. The van der Waals surface area contributed by atoms with Gasteiger partial charge in [0, 0.05) is 49.9 Å². The molecule has 3 aromatic heterocycles. The number of Topliss-reactive ketones (excluding diaryl/α,β-unsaturated/α-hetero) is 2. The Labute approximate surface area is 311 Å². The van der Waals surface area contributed by atoms with Crippen LogP contribution in [0, 0.1) is 0 Å². The van der Waals surface area contributed by atoms with E-state index in [1.807, 2.05) is 98.8 Å². The van der Waals surface area contributed by atoms with Crippen molar-refractivity contribution in [3.63, 3.8) is 0 Å². The minimum Gasteiger partial charge on any atom is -0.486 e. The maximum atomic E-state index is 14.0. The summed E-state index contributed by atoms with van der Waals surface area (Å²) >= 11 is 0. The number of hydrogen-bond donors (Lipinski definition) is 2. The van der Waals surface area contributed by atoms with Crippen LogP contribution in [0.1, 0.15) is 62.9 Å². The number of benzene rings is 3. The molecule has 0 atom stereocenters. The Morgan fingerprint density at radius 3 is 1.85 bits per heavy atom. The van der Waals surface area contributed by atoms with Crippen molar-refractivity contribution >= 4 is 64.0 Å². The molecule has 0 unspecified atom stereocenters. The predicted octanol–water partition coefficient (Wildman–Crippen LogP) is 10.8. The number of nitrogens with one attached hydrogen (secondary N) is 2. The standard InChI is InChI=1S/C47H34N4O3/c1-28(2)54-47-36(45(52)33-15-9-10-16-34(33)46(47)53)20-19-35-37-23-25-41(50-37)43(29-11-5-3-6-12-29)39-21-17-31(48-39)27-32-18-22-40(49-32)44(30-13-7-4-8-14-30)42-26-24-38(35)51-42/h3-28,48,51H,1-2H3/b20-19+,31-27?,32-27?,37-35?,38-35?,43-39?,43-41?,44-40?,44-42?. The maximum absolute atomic E-state index is 14.0. The van der Waals surface area contributed by atoms with Gasteiger partial charge in [-0.05, 0) is 91.8 Å². The van der Waals surface area contributed by atoms with Crippen LogP contribution in [0.15, 0.2) is 133 Å². The third-order valence-corrected chi connectivity index (χ3v) is 9.62. The summed E-state index contributed by atoms with van der Waals surface area (Å²) in [6, 6.07) is 37.5. The largest absolute Gasteiger partial charge is 0.486 e. The Kier molecular flexibility index (Phi) is 8.16. The fourth-order valence-corrected chi connectivity index (χ4v) is 7.20. The Morgan fingerprint density at radius 2 is 1.15 bits per heavy atom. The summed E-state index contributed by atoms with van der Waals surface area (Å²) in [7, 11) is 0. The number of carbonyl (C=O) groups excluding carboxylic acids is 2. The maximum Gasteiger partial charge on any atom is 0.229 e. The number of aromatic amines is 2. The van der Waals surface area contributed by atoms with E-state index >= 15 is 0 Å². The van der Waals surface area contributed by atoms with Crippen molar-refractivity contribution in [2.24, 2.45) is 0 Å². The van der Waals surface area contributed by atoms with Crippen LogP contribution in [0.5, 0.6) is 0 Å². The van der Waals surface area contributed by atoms with Crippen LogP contribution in [0.4, 0.5) is 0 Å². The van der Waals surface area contributed by atoms with Gasteiger partial charge in [0.25, 0.3) is 0 Å². The molecule has 6 aromatic rings. The molecule has 8 bridgehead atoms. The number of rotatable bonds is 6. The zero-order valence-corrected chi connectivity index (χ0v) is 29.6. The minimum atomic E-state index is -0.318. The number of fused-ring (bicyclic) bond motifs is 9. The second-order valence-electron chi connectivity index (χ2n) is 13.6. The summed E-state index contributed by atoms with van der Waals surface area (Å²) in [5.41, 5.74) is 12.1. The average Bonchev–Trinajstić information content (AvgIpc) is 4.03. The monoisotopic (exact) mass is 702 g/mol. The first-order chi connectivity index (χ1) is 26.4. The molecule has 0 saturated carbocycles. The number of hydrogen-bond acceptors (Lipinski definition) is 5. The molecule has 9 rings (SSSR count). The number of carbonyl (C=O) groups is 2. The van der Waals surface area contributed by atoms with Crippen LogP contribution in [-0.2, 0) is 4.74 Å². The molecule has 54 heavy (non-hydrogen) atoms. The van der Waals surface area contributed by atoms with E-state index in [9.17, 15) is 9.59 Å². The molecular formula is C47H34N4O3. The Morgan fingerprint density at radius 1 is 0.574 bits per heavy atom. The van der Waals surface area contributed by atoms with E-state index in [2.05, 4.69) is 46.4 Å². The van der Waals surface area contributed by atoms with Gasteiger partial charge in [0.05, 0.1) is 34.5 Å². The van der Waals surface area contributed by atoms with Crippen LogP contribution < -0.4 is 0 Å². The molecule has 0 spiro atoms. The third kappa shape index (κ3) is 5.91. The fraction of sp³-hybridized carbons (Fsp3) is 0.0638. The van der Waals surface area contributed by atoms with E-state index < -0.39 is 0 Å². The van der Waals surface area contributed by atoms with Crippen molar-refractivity contribution in [3.05, 3.63) is 172 Å². The third-order valence-electron chi connectivity index (χ3n) is 9.62. The van der Waals surface area contributed by atoms with Crippen molar-refractivity contribution in [2.45, 2.75) is 20.0 Å². The van der Waals surface area contributed by atoms with E-state index in [1.54, 1.807) is 30.3 Å². The van der Waals surface area contributed by atoms with Crippen molar-refractivity contribution in [1.29, 1.82) is 0 Å². The van der Waals surface area contributed by atoms with Gasteiger partial charge < -0.3 is 14.7 Å². The molecule has 2 N–H and O–H groups in total. The summed E-state index contributed by atoms with van der Waals surface area (Å²) in [6.07, 6.45) is 11.3. The van der Waals surface area contributed by atoms with E-state index in [-0.39, 0.29) is 29.0 Å². The summed E-state index contributed by atoms with van der Waals surface area (Å²) in [6.45, 7) is 3.69. The fourth-order valence-electron chi connectivity index (χ4n) is 7.20. The predicted molar refractivity (Wildman–Crippen MR) is 217 cm³/mol. The lowest BCUT2D eigenvalue weighted by Crippen LogP contribution is -2.24. The Hall–Kier alpha value is -7.12. The van der Waals surface area contributed by atoms with E-state index in [0.29, 0.717) is 16.8 Å². The first-order valence-electron chi connectivity index (χ1n) is 17.9. The minimum absolute atomic E-state index is 0.0407. The quantitative estimate of drug-likeness (QED) is 0.180. The van der Waals surface area contributed by atoms with Crippen molar-refractivity contribution < 1.29 is 14.3 Å². The Bertz CT molecular complexity index is 2760. The highest BCUT2D eigenvalue weighted by Gasteiger charge is 2.32. The van der Waals surface area contributed by atoms with Gasteiger partial charge in [-0.1, -0.05) is 84.9 Å². The topological polar surface area (TPSA) is 101 Å². The summed E-state index contributed by atoms with van der Waals surface area (Å²) in [5, 5.41) is 0. The van der Waals surface area contributed by atoms with Gasteiger partial charge in [-0.25, -0.2) is 9.97 Å².